The molecule has 0 aliphatic carbocycles. The molecule has 1 N–H and O–H groups in total. The molecule has 0 aliphatic rings. The number of anilines is 1. The first-order chi connectivity index (χ1) is 17.2. The fraction of sp³-hybridized carbons (Fsp3) is 0.160. The van der Waals surface area contributed by atoms with Crippen LogP contribution in [-0.2, 0) is 4.79 Å². The minimum absolute atomic E-state index is 0.0991. The Balaban J connectivity index is 1.36. The van der Waals surface area contributed by atoms with Crippen LogP contribution in [0.1, 0.15) is 13.3 Å². The molecule has 0 fully saturated rings. The molecule has 176 valence electrons. The molecule has 9 nitrogen and oxygen atoms in total. The van der Waals surface area contributed by atoms with E-state index in [1.165, 1.54) is 11.8 Å². The topological polar surface area (TPSA) is 99.8 Å². The maximum Gasteiger partial charge on any atom is 0.259 e. The third-order valence-corrected chi connectivity index (χ3v) is 6.12. The van der Waals surface area contributed by atoms with Crippen molar-refractivity contribution in [1.82, 2.24) is 29.8 Å². The lowest BCUT2D eigenvalue weighted by Crippen LogP contribution is -2.13. The van der Waals surface area contributed by atoms with Gasteiger partial charge in [-0.2, -0.15) is 4.68 Å². The Morgan fingerprint density at radius 1 is 0.943 bits per heavy atom. The highest BCUT2D eigenvalue weighted by Crippen LogP contribution is 2.27. The largest absolute Gasteiger partial charge is 0.492 e. The van der Waals surface area contributed by atoms with E-state index in [1.807, 2.05) is 90.4 Å². The number of hydrogen-bond donors (Lipinski definition) is 1. The molecule has 3 aromatic carbocycles. The van der Waals surface area contributed by atoms with Crippen LogP contribution >= 0.6 is 11.8 Å². The van der Waals surface area contributed by atoms with Crippen LogP contribution in [0.15, 0.2) is 84.0 Å². The van der Waals surface area contributed by atoms with E-state index < -0.39 is 0 Å². The van der Waals surface area contributed by atoms with Gasteiger partial charge in [-0.15, -0.1) is 15.3 Å². The average Bonchev–Trinajstić information content (AvgIpc) is 3.50. The van der Waals surface area contributed by atoms with Crippen LogP contribution in [0.2, 0.25) is 0 Å². The van der Waals surface area contributed by atoms with Gasteiger partial charge >= 0.3 is 0 Å². The molecular formula is C25H23N7O2S. The van der Waals surface area contributed by atoms with Crippen molar-refractivity contribution in [3.8, 4) is 17.4 Å². The van der Waals surface area contributed by atoms with Crippen LogP contribution in [0, 0.1) is 0 Å². The van der Waals surface area contributed by atoms with Crippen molar-refractivity contribution in [2.24, 2.45) is 0 Å². The van der Waals surface area contributed by atoms with Gasteiger partial charge in [-0.3, -0.25) is 9.36 Å². The molecule has 0 bridgehead atoms. The van der Waals surface area contributed by atoms with Crippen molar-refractivity contribution in [1.29, 1.82) is 0 Å². The number of aromatic nitrogens is 6. The molecule has 0 unspecified atom stereocenters. The Kier molecular flexibility index (Phi) is 6.71. The van der Waals surface area contributed by atoms with E-state index >= 15 is 0 Å². The van der Waals surface area contributed by atoms with Gasteiger partial charge in [0, 0.05) is 12.2 Å². The number of carbonyl (C=O) groups excluding carboxylic acids is 1. The molecule has 2 aromatic heterocycles. The van der Waals surface area contributed by atoms with Gasteiger partial charge < -0.3 is 10.1 Å². The minimum Gasteiger partial charge on any atom is -0.492 e. The maximum atomic E-state index is 12.6. The summed E-state index contributed by atoms with van der Waals surface area (Å²) < 4.78 is 9.19. The molecule has 1 amide bonds. The Hall–Kier alpha value is -4.18. The summed E-state index contributed by atoms with van der Waals surface area (Å²) in [6.45, 7) is 2.44. The molecule has 0 saturated carbocycles. The monoisotopic (exact) mass is 485 g/mol. The zero-order chi connectivity index (χ0) is 24.0. The summed E-state index contributed by atoms with van der Waals surface area (Å²) in [5, 5.41) is 21.0. The number of nitrogens with zero attached hydrogens (tertiary/aromatic N) is 6. The highest BCUT2D eigenvalue weighted by molar-refractivity contribution is 7.99. The maximum absolute atomic E-state index is 12.6. The summed E-state index contributed by atoms with van der Waals surface area (Å²) in [5.41, 5.74) is 3.16. The third kappa shape index (κ3) is 4.87. The number of thioether (sulfide) groups is 1. The zero-order valence-corrected chi connectivity index (χ0v) is 19.9. The summed E-state index contributed by atoms with van der Waals surface area (Å²) in [6, 6.07) is 24.9. The van der Waals surface area contributed by atoms with E-state index in [1.54, 1.807) is 4.68 Å². The number of ether oxygens (including phenoxy) is 1. The van der Waals surface area contributed by atoms with Crippen LogP contribution in [0.5, 0.6) is 5.75 Å². The van der Waals surface area contributed by atoms with Crippen LogP contribution in [0.25, 0.3) is 22.7 Å². The molecule has 5 aromatic rings. The van der Waals surface area contributed by atoms with Crippen LogP contribution < -0.4 is 10.1 Å². The number of para-hydroxylation sites is 4. The van der Waals surface area contributed by atoms with Gasteiger partial charge in [0.25, 0.3) is 5.95 Å². The fourth-order valence-corrected chi connectivity index (χ4v) is 4.50. The molecule has 0 radical (unpaired) electrons. The van der Waals surface area contributed by atoms with Crippen LogP contribution in [0.3, 0.4) is 0 Å². The molecule has 0 spiro atoms. The van der Waals surface area contributed by atoms with Crippen molar-refractivity contribution < 1.29 is 9.53 Å². The Labute approximate surface area is 206 Å². The number of amides is 1. The summed E-state index contributed by atoms with van der Waals surface area (Å²) >= 11 is 1.45. The summed E-state index contributed by atoms with van der Waals surface area (Å²) in [6.07, 6.45) is 0.300. The average molecular weight is 486 g/mol. The zero-order valence-electron chi connectivity index (χ0n) is 19.0. The molecular weight excluding hydrogens is 462 g/mol. The SMILES string of the molecule is CCOc1ccccc1NC(=O)CCSc1nnc(-n2nnc3ccccc32)n1-c1ccccc1. The van der Waals surface area contributed by atoms with Crippen molar-refractivity contribution in [3.63, 3.8) is 0 Å². The Bertz CT molecular complexity index is 1450. The fourth-order valence-electron chi connectivity index (χ4n) is 3.61. The predicted octanol–water partition coefficient (Wildman–Crippen LogP) is 4.52. The van der Waals surface area contributed by atoms with Crippen LogP contribution in [-0.4, -0.2) is 48.0 Å². The highest BCUT2D eigenvalue weighted by Gasteiger charge is 2.19. The second-order valence-corrected chi connectivity index (χ2v) is 8.58. The number of nitrogens with one attached hydrogen (secondary N) is 1. The van der Waals surface area contributed by atoms with E-state index in [9.17, 15) is 4.79 Å². The molecule has 0 aliphatic heterocycles. The van der Waals surface area contributed by atoms with E-state index in [-0.39, 0.29) is 5.91 Å². The van der Waals surface area contributed by atoms with Crippen LogP contribution in [0.4, 0.5) is 5.69 Å². The smallest absolute Gasteiger partial charge is 0.259 e. The van der Waals surface area contributed by atoms with Crippen molar-refractivity contribution in [3.05, 3.63) is 78.9 Å². The second-order valence-electron chi connectivity index (χ2n) is 7.52. The van der Waals surface area contributed by atoms with E-state index in [4.69, 9.17) is 4.74 Å². The summed E-state index contributed by atoms with van der Waals surface area (Å²) in [4.78, 5) is 12.6. The van der Waals surface area contributed by atoms with Gasteiger partial charge in [-0.25, -0.2) is 0 Å². The third-order valence-electron chi connectivity index (χ3n) is 5.19. The van der Waals surface area contributed by atoms with Gasteiger partial charge in [0.05, 0.1) is 23.5 Å². The summed E-state index contributed by atoms with van der Waals surface area (Å²) in [7, 11) is 0. The van der Waals surface area contributed by atoms with Crippen molar-refractivity contribution in [2.45, 2.75) is 18.5 Å². The molecule has 2 heterocycles. The van der Waals surface area contributed by atoms with E-state index in [0.717, 1.165) is 16.7 Å². The van der Waals surface area contributed by atoms with E-state index in [2.05, 4.69) is 25.8 Å². The van der Waals surface area contributed by atoms with E-state index in [0.29, 0.717) is 41.3 Å². The van der Waals surface area contributed by atoms with Gasteiger partial charge in [-0.1, -0.05) is 59.4 Å². The summed E-state index contributed by atoms with van der Waals surface area (Å²) in [5.74, 6) is 1.61. The number of hydrogen-bond acceptors (Lipinski definition) is 7. The number of benzene rings is 3. The molecule has 35 heavy (non-hydrogen) atoms. The first-order valence-electron chi connectivity index (χ1n) is 11.2. The van der Waals surface area contributed by atoms with Gasteiger partial charge in [-0.05, 0) is 43.3 Å². The standard InChI is InChI=1S/C25H23N7O2S/c1-2-34-22-15-9-7-13-20(22)26-23(33)16-17-35-25-29-28-24(31(25)18-10-4-3-5-11-18)32-21-14-8-6-12-19(21)27-30-32/h3-15H,2,16-17H2,1H3,(H,26,33). The first kappa shape index (κ1) is 22.6. The molecule has 5 rings (SSSR count). The van der Waals surface area contributed by atoms with Gasteiger partial charge in [0.1, 0.15) is 11.3 Å². The number of rotatable bonds is 9. The lowest BCUT2D eigenvalue weighted by molar-refractivity contribution is -0.115. The number of fused-ring (bicyclic) bond motifs is 1. The Morgan fingerprint density at radius 3 is 2.57 bits per heavy atom. The Morgan fingerprint density at radius 2 is 1.71 bits per heavy atom. The van der Waals surface area contributed by atoms with Gasteiger partial charge in [0.2, 0.25) is 5.91 Å². The van der Waals surface area contributed by atoms with Crippen molar-refractivity contribution >= 4 is 34.4 Å². The second kappa shape index (κ2) is 10.4. The van der Waals surface area contributed by atoms with Gasteiger partial charge in [0.15, 0.2) is 5.16 Å². The minimum atomic E-state index is -0.0991. The molecule has 10 heteroatoms. The highest BCUT2D eigenvalue weighted by atomic mass is 32.2. The lowest BCUT2D eigenvalue weighted by Gasteiger charge is -2.11. The predicted molar refractivity (Wildman–Crippen MR) is 135 cm³/mol. The first-order valence-corrected chi connectivity index (χ1v) is 12.2. The number of carbonyl (C=O) groups is 1. The molecule has 0 atom stereocenters. The van der Waals surface area contributed by atoms with Crippen molar-refractivity contribution in [2.75, 3.05) is 17.7 Å². The molecule has 0 saturated heterocycles. The lowest BCUT2D eigenvalue weighted by atomic mass is 10.3. The quantitative estimate of drug-likeness (QED) is 0.306. The normalized spacial score (nSPS) is 11.0.